The average Bonchev–Trinajstić information content (AvgIpc) is 2.38. The minimum atomic E-state index is -3.70. The Hall–Kier alpha value is -1.38. The van der Waals surface area contributed by atoms with Crippen LogP contribution in [-0.2, 0) is 19.9 Å². The van der Waals surface area contributed by atoms with Gasteiger partial charge in [-0.15, -0.1) is 0 Å². The van der Waals surface area contributed by atoms with Crippen molar-refractivity contribution in [3.63, 3.8) is 0 Å². The molecule has 1 N–H and O–H groups in total. The van der Waals surface area contributed by atoms with Crippen molar-refractivity contribution in [2.45, 2.75) is 9.79 Å². The van der Waals surface area contributed by atoms with Crippen molar-refractivity contribution in [1.82, 2.24) is 0 Å². The summed E-state index contributed by atoms with van der Waals surface area (Å²) in [6.45, 7) is 0. The first-order valence-electron chi connectivity index (χ1n) is 5.77. The SMILES string of the molecule is CS(=O)(=O)c1ccc(NS(=O)(=O)c2ccc(Br)cc2)cc1. The molecular formula is C13H12BrNO4S2. The van der Waals surface area contributed by atoms with Gasteiger partial charge in [-0.05, 0) is 48.5 Å². The molecule has 0 atom stereocenters. The standard InChI is InChI=1S/C13H12BrNO4S2/c1-20(16,17)12-8-4-11(5-9-12)15-21(18,19)13-6-2-10(14)3-7-13/h2-9,15H,1H3. The van der Waals surface area contributed by atoms with Crippen LogP contribution in [0, 0.1) is 0 Å². The number of benzene rings is 2. The Morgan fingerprint density at radius 1 is 0.810 bits per heavy atom. The molecule has 0 heterocycles. The van der Waals surface area contributed by atoms with Gasteiger partial charge in [-0.25, -0.2) is 16.8 Å². The molecule has 0 saturated heterocycles. The van der Waals surface area contributed by atoms with E-state index in [9.17, 15) is 16.8 Å². The molecule has 2 rings (SSSR count). The van der Waals surface area contributed by atoms with Gasteiger partial charge in [0.2, 0.25) is 0 Å². The van der Waals surface area contributed by atoms with Crippen molar-refractivity contribution >= 4 is 41.5 Å². The fourth-order valence-electron chi connectivity index (χ4n) is 1.60. The van der Waals surface area contributed by atoms with Crippen LogP contribution in [-0.4, -0.2) is 23.1 Å². The van der Waals surface area contributed by atoms with E-state index in [-0.39, 0.29) is 9.79 Å². The van der Waals surface area contributed by atoms with E-state index < -0.39 is 19.9 Å². The van der Waals surface area contributed by atoms with Crippen LogP contribution in [0.4, 0.5) is 5.69 Å². The number of rotatable bonds is 4. The van der Waals surface area contributed by atoms with Crippen molar-refractivity contribution in [2.75, 3.05) is 11.0 Å². The number of anilines is 1. The number of hydrogen-bond donors (Lipinski definition) is 1. The van der Waals surface area contributed by atoms with Crippen LogP contribution in [0.3, 0.4) is 0 Å². The highest BCUT2D eigenvalue weighted by atomic mass is 79.9. The third kappa shape index (κ3) is 4.05. The van der Waals surface area contributed by atoms with Crippen LogP contribution in [0.2, 0.25) is 0 Å². The lowest BCUT2D eigenvalue weighted by Gasteiger charge is -2.08. The fraction of sp³-hybridized carbons (Fsp3) is 0.0769. The molecule has 2 aromatic rings. The fourth-order valence-corrected chi connectivity index (χ4v) is 3.55. The Balaban J connectivity index is 2.27. The lowest BCUT2D eigenvalue weighted by Crippen LogP contribution is -2.12. The second-order valence-electron chi connectivity index (χ2n) is 4.36. The minimum absolute atomic E-state index is 0.123. The third-order valence-electron chi connectivity index (χ3n) is 2.66. The largest absolute Gasteiger partial charge is 0.280 e. The first-order valence-corrected chi connectivity index (χ1v) is 9.94. The summed E-state index contributed by atoms with van der Waals surface area (Å²) in [6.07, 6.45) is 1.09. The van der Waals surface area contributed by atoms with Gasteiger partial charge < -0.3 is 0 Å². The molecule has 0 radical (unpaired) electrons. The van der Waals surface area contributed by atoms with E-state index in [2.05, 4.69) is 20.7 Å². The molecule has 112 valence electrons. The Morgan fingerprint density at radius 3 is 1.76 bits per heavy atom. The van der Waals surface area contributed by atoms with Gasteiger partial charge in [-0.1, -0.05) is 15.9 Å². The molecule has 0 aliphatic heterocycles. The summed E-state index contributed by atoms with van der Waals surface area (Å²) in [4.78, 5) is 0.256. The van der Waals surface area contributed by atoms with Crippen LogP contribution in [0.15, 0.2) is 62.8 Å². The summed E-state index contributed by atoms with van der Waals surface area (Å²) >= 11 is 3.23. The summed E-state index contributed by atoms with van der Waals surface area (Å²) in [5.41, 5.74) is 0.297. The van der Waals surface area contributed by atoms with E-state index in [4.69, 9.17) is 0 Å². The molecule has 0 aliphatic rings. The molecule has 0 spiro atoms. The van der Waals surface area contributed by atoms with E-state index in [0.717, 1.165) is 10.7 Å². The predicted molar refractivity (Wildman–Crippen MR) is 84.5 cm³/mol. The Labute approximate surface area is 132 Å². The topological polar surface area (TPSA) is 80.3 Å². The highest BCUT2D eigenvalue weighted by Gasteiger charge is 2.14. The van der Waals surface area contributed by atoms with Crippen molar-refractivity contribution in [3.05, 3.63) is 53.0 Å². The molecule has 5 nitrogen and oxygen atoms in total. The van der Waals surface area contributed by atoms with Gasteiger partial charge in [0, 0.05) is 16.4 Å². The molecular weight excluding hydrogens is 378 g/mol. The van der Waals surface area contributed by atoms with Crippen LogP contribution >= 0.6 is 15.9 Å². The normalized spacial score (nSPS) is 12.1. The molecule has 0 amide bonds. The van der Waals surface area contributed by atoms with Gasteiger partial charge in [0.15, 0.2) is 9.84 Å². The number of sulfone groups is 1. The molecule has 21 heavy (non-hydrogen) atoms. The lowest BCUT2D eigenvalue weighted by molar-refractivity contribution is 0.600. The highest BCUT2D eigenvalue weighted by Crippen LogP contribution is 2.20. The zero-order valence-electron chi connectivity index (χ0n) is 10.9. The van der Waals surface area contributed by atoms with Gasteiger partial charge in [0.25, 0.3) is 10.0 Å². The number of hydrogen-bond acceptors (Lipinski definition) is 4. The van der Waals surface area contributed by atoms with E-state index in [1.807, 2.05) is 0 Å². The van der Waals surface area contributed by atoms with Gasteiger partial charge in [0.1, 0.15) is 0 Å². The number of sulfonamides is 1. The van der Waals surface area contributed by atoms with Crippen molar-refractivity contribution in [2.24, 2.45) is 0 Å². The van der Waals surface area contributed by atoms with Crippen molar-refractivity contribution < 1.29 is 16.8 Å². The summed E-state index contributed by atoms with van der Waals surface area (Å²) in [7, 11) is -7.00. The van der Waals surface area contributed by atoms with Gasteiger partial charge in [0.05, 0.1) is 9.79 Å². The predicted octanol–water partition coefficient (Wildman–Crippen LogP) is 2.65. The third-order valence-corrected chi connectivity index (χ3v) is 5.71. The molecule has 2 aromatic carbocycles. The van der Waals surface area contributed by atoms with Crippen LogP contribution in [0.1, 0.15) is 0 Å². The molecule has 0 aromatic heterocycles. The smallest absolute Gasteiger partial charge is 0.261 e. The van der Waals surface area contributed by atoms with E-state index >= 15 is 0 Å². The van der Waals surface area contributed by atoms with Gasteiger partial charge in [-0.3, -0.25) is 4.72 Å². The molecule has 0 fully saturated rings. The van der Waals surface area contributed by atoms with Gasteiger partial charge >= 0.3 is 0 Å². The van der Waals surface area contributed by atoms with E-state index in [0.29, 0.717) is 5.69 Å². The summed E-state index contributed by atoms with van der Waals surface area (Å²) in [5, 5.41) is 0. The van der Waals surface area contributed by atoms with E-state index in [1.54, 1.807) is 12.1 Å². The van der Waals surface area contributed by atoms with Crippen LogP contribution < -0.4 is 4.72 Å². The van der Waals surface area contributed by atoms with Gasteiger partial charge in [-0.2, -0.15) is 0 Å². The number of nitrogens with one attached hydrogen (secondary N) is 1. The maximum Gasteiger partial charge on any atom is 0.261 e. The zero-order valence-corrected chi connectivity index (χ0v) is 14.2. The monoisotopic (exact) mass is 389 g/mol. The summed E-state index contributed by atoms with van der Waals surface area (Å²) in [5.74, 6) is 0. The quantitative estimate of drug-likeness (QED) is 0.871. The number of halogens is 1. The minimum Gasteiger partial charge on any atom is -0.280 e. The average molecular weight is 390 g/mol. The molecule has 8 heteroatoms. The summed E-state index contributed by atoms with van der Waals surface area (Å²) < 4.78 is 50.2. The second-order valence-corrected chi connectivity index (χ2v) is 8.97. The molecule has 0 saturated carbocycles. The van der Waals surface area contributed by atoms with Crippen molar-refractivity contribution in [1.29, 1.82) is 0 Å². The van der Waals surface area contributed by atoms with E-state index in [1.165, 1.54) is 36.4 Å². The first-order chi connectivity index (χ1) is 9.68. The Morgan fingerprint density at radius 2 is 1.29 bits per heavy atom. The van der Waals surface area contributed by atoms with Crippen LogP contribution in [0.25, 0.3) is 0 Å². The molecule has 0 aliphatic carbocycles. The van der Waals surface area contributed by atoms with Crippen LogP contribution in [0.5, 0.6) is 0 Å². The Bertz CT molecular complexity index is 842. The lowest BCUT2D eigenvalue weighted by atomic mass is 10.3. The highest BCUT2D eigenvalue weighted by molar-refractivity contribution is 9.10. The maximum absolute atomic E-state index is 12.2. The first kappa shape index (κ1) is 16.0. The summed E-state index contributed by atoms with van der Waals surface area (Å²) in [6, 6.07) is 11.7. The second kappa shape index (κ2) is 5.78. The molecule has 0 unspecified atom stereocenters. The Kier molecular flexibility index (Phi) is 4.40. The van der Waals surface area contributed by atoms with Crippen molar-refractivity contribution in [3.8, 4) is 0 Å². The maximum atomic E-state index is 12.2. The molecule has 0 bridgehead atoms. The zero-order chi connectivity index (χ0) is 15.7.